The lowest BCUT2D eigenvalue weighted by Gasteiger charge is -2.37. The maximum Gasteiger partial charge on any atom is 0.334 e. The zero-order chi connectivity index (χ0) is 44.2. The fourth-order valence-electron chi connectivity index (χ4n) is 6.87. The third-order valence-electron chi connectivity index (χ3n) is 9.18. The van der Waals surface area contributed by atoms with E-state index in [0.717, 1.165) is 11.1 Å². The van der Waals surface area contributed by atoms with Gasteiger partial charge in [0.05, 0.1) is 25.1 Å². The lowest BCUT2D eigenvalue weighted by atomic mass is 9.96. The third kappa shape index (κ3) is 14.0. The summed E-state index contributed by atoms with van der Waals surface area (Å²) in [7, 11) is 1.38. The number of anilines is 1. The fraction of sp³-hybridized carbons (Fsp3) is 0.478. The number of esters is 1. The Kier molecular flexibility index (Phi) is 16.8. The molecule has 0 saturated carbocycles. The van der Waals surface area contributed by atoms with E-state index in [2.05, 4.69) is 10.6 Å². The van der Waals surface area contributed by atoms with Crippen molar-refractivity contribution in [2.75, 3.05) is 18.6 Å². The fourth-order valence-corrected chi connectivity index (χ4v) is 6.87. The predicted octanol–water partition coefficient (Wildman–Crippen LogP) is 7.85. The van der Waals surface area contributed by atoms with Crippen molar-refractivity contribution in [3.63, 3.8) is 0 Å². The van der Waals surface area contributed by atoms with Gasteiger partial charge < -0.3 is 29.9 Å². The van der Waals surface area contributed by atoms with Gasteiger partial charge in [0, 0.05) is 35.8 Å². The molecule has 0 aliphatic heterocycles. The summed E-state index contributed by atoms with van der Waals surface area (Å²) in [4.78, 5) is 71.6. The van der Waals surface area contributed by atoms with E-state index in [1.807, 2.05) is 130 Å². The summed E-state index contributed by atoms with van der Waals surface area (Å²) in [6, 6.07) is 19.6. The number of nitro groups is 1. The van der Waals surface area contributed by atoms with E-state index in [-0.39, 0.29) is 71.6 Å². The van der Waals surface area contributed by atoms with E-state index in [9.17, 15) is 29.3 Å². The number of carbonyl (C=O) groups excluding carboxylic acids is 4. The molecule has 2 N–H and O–H groups in total. The maximum atomic E-state index is 14.5. The van der Waals surface area contributed by atoms with Gasteiger partial charge >= 0.3 is 5.97 Å². The van der Waals surface area contributed by atoms with E-state index >= 15 is 0 Å². The minimum atomic E-state index is -0.897. The molecule has 0 aromatic heterocycles. The Morgan fingerprint density at radius 3 is 1.71 bits per heavy atom. The van der Waals surface area contributed by atoms with Crippen molar-refractivity contribution in [1.29, 1.82) is 0 Å². The first kappa shape index (κ1) is 47.7. The topological polar surface area (TPSA) is 160 Å². The van der Waals surface area contributed by atoms with Gasteiger partial charge in [-0.15, -0.1) is 0 Å². The van der Waals surface area contributed by atoms with Gasteiger partial charge in [-0.1, -0.05) is 88.4 Å². The number of nitro benzene ring substituents is 1. The molecule has 2 unspecified atom stereocenters. The van der Waals surface area contributed by atoms with Crippen LogP contribution in [0.5, 0.6) is 5.75 Å². The molecule has 2 atom stereocenters. The molecule has 3 amide bonds. The van der Waals surface area contributed by atoms with Gasteiger partial charge in [0.1, 0.15) is 17.8 Å². The van der Waals surface area contributed by atoms with Gasteiger partial charge in [-0.3, -0.25) is 24.5 Å². The maximum absolute atomic E-state index is 14.5. The number of nitrogens with one attached hydrogen (secondary N) is 2. The van der Waals surface area contributed by atoms with Crippen LogP contribution in [-0.2, 0) is 37.0 Å². The highest BCUT2D eigenvalue weighted by Crippen LogP contribution is 2.42. The van der Waals surface area contributed by atoms with E-state index < -0.39 is 46.4 Å². The summed E-state index contributed by atoms with van der Waals surface area (Å²) in [5.74, 6) is -2.50. The summed E-state index contributed by atoms with van der Waals surface area (Å²) in [6.45, 7) is 20.5. The normalized spacial score (nSPS) is 13.0. The number of hydrogen-bond donors (Lipinski definition) is 2. The molecule has 0 bridgehead atoms. The number of benzene rings is 3. The minimum Gasteiger partial charge on any atom is -0.494 e. The quantitative estimate of drug-likeness (QED) is 0.0564. The van der Waals surface area contributed by atoms with Crippen molar-refractivity contribution in [1.82, 2.24) is 15.5 Å². The lowest BCUT2D eigenvalue weighted by molar-refractivity contribution is -0.384. The molecule has 0 radical (unpaired) electrons. The zero-order valence-corrected chi connectivity index (χ0v) is 36.8. The standard InChI is InChI=1S/C46H63N5O8/c1-13-59-44(55)35(27-38(52)49(28-32-20-16-14-17-21-32)39(30(2)3)42(53)47-45(6,7)8)24-34-25-36(51(56)57)41(37(26-34)58-12)50(29-33-22-18-15-19-23-33)40(31(4)5)43(54)48-46(9,10)11/h14-26,30-31,39-40H,13,27-29H2,1-12H3,(H,47,53)(H,48,54)/b35-24-. The van der Waals surface area contributed by atoms with Crippen LogP contribution < -0.4 is 20.3 Å². The lowest BCUT2D eigenvalue weighted by Crippen LogP contribution is -2.55. The van der Waals surface area contributed by atoms with Crippen LogP contribution in [0, 0.1) is 22.0 Å². The second-order valence-corrected chi connectivity index (χ2v) is 17.4. The molecule has 3 rings (SSSR count). The van der Waals surface area contributed by atoms with E-state index in [0.29, 0.717) is 0 Å². The first-order valence-corrected chi connectivity index (χ1v) is 20.1. The Labute approximate surface area is 349 Å². The van der Waals surface area contributed by atoms with Gasteiger partial charge in [-0.05, 0) is 89.1 Å². The molecule has 320 valence electrons. The van der Waals surface area contributed by atoms with Crippen LogP contribution in [0.1, 0.15) is 99.3 Å². The second kappa shape index (κ2) is 20.8. The Hall–Kier alpha value is -5.72. The number of hydrogen-bond acceptors (Lipinski definition) is 9. The molecule has 0 aliphatic rings. The first-order chi connectivity index (χ1) is 27.6. The van der Waals surface area contributed by atoms with Crippen molar-refractivity contribution in [2.24, 2.45) is 11.8 Å². The highest BCUT2D eigenvalue weighted by Gasteiger charge is 2.38. The van der Waals surface area contributed by atoms with Crippen LogP contribution >= 0.6 is 0 Å². The van der Waals surface area contributed by atoms with E-state index in [4.69, 9.17) is 9.47 Å². The van der Waals surface area contributed by atoms with Crippen molar-refractivity contribution < 1.29 is 33.6 Å². The molecule has 0 heterocycles. The molecule has 0 saturated heterocycles. The zero-order valence-electron chi connectivity index (χ0n) is 36.8. The number of rotatable bonds is 18. The molecule has 0 spiro atoms. The highest BCUT2D eigenvalue weighted by molar-refractivity contribution is 6.00. The molecular formula is C46H63N5O8. The Bertz CT molecular complexity index is 1950. The Balaban J connectivity index is 2.27. The van der Waals surface area contributed by atoms with Crippen LogP contribution in [0.3, 0.4) is 0 Å². The summed E-state index contributed by atoms with van der Waals surface area (Å²) in [5.41, 5.74) is 0.232. The first-order valence-electron chi connectivity index (χ1n) is 20.1. The van der Waals surface area contributed by atoms with Crippen LogP contribution in [-0.4, -0.2) is 70.4 Å². The highest BCUT2D eigenvalue weighted by atomic mass is 16.6. The van der Waals surface area contributed by atoms with Crippen molar-refractivity contribution in [3.8, 4) is 5.75 Å². The third-order valence-corrected chi connectivity index (χ3v) is 9.18. The number of carbonyl (C=O) groups is 4. The summed E-state index contributed by atoms with van der Waals surface area (Å²) in [6.07, 6.45) is 0.904. The summed E-state index contributed by atoms with van der Waals surface area (Å²) < 4.78 is 11.3. The molecule has 59 heavy (non-hydrogen) atoms. The Morgan fingerprint density at radius 2 is 1.27 bits per heavy atom. The van der Waals surface area contributed by atoms with Crippen molar-refractivity contribution in [2.45, 2.75) is 119 Å². The largest absolute Gasteiger partial charge is 0.494 e. The van der Waals surface area contributed by atoms with Gasteiger partial charge in [0.25, 0.3) is 5.69 Å². The van der Waals surface area contributed by atoms with Gasteiger partial charge in [0.15, 0.2) is 5.69 Å². The molecule has 13 heteroatoms. The van der Waals surface area contributed by atoms with E-state index in [1.54, 1.807) is 17.9 Å². The summed E-state index contributed by atoms with van der Waals surface area (Å²) >= 11 is 0. The number of nitrogens with zero attached hydrogens (tertiary/aromatic N) is 3. The average molecular weight is 814 g/mol. The van der Waals surface area contributed by atoms with Crippen LogP contribution in [0.4, 0.5) is 11.4 Å². The molecule has 0 fully saturated rings. The predicted molar refractivity (Wildman–Crippen MR) is 232 cm³/mol. The number of ether oxygens (including phenoxy) is 2. The molecule has 0 aliphatic carbocycles. The molecule has 13 nitrogen and oxygen atoms in total. The second-order valence-electron chi connectivity index (χ2n) is 17.4. The smallest absolute Gasteiger partial charge is 0.334 e. The number of amides is 3. The Morgan fingerprint density at radius 1 is 0.780 bits per heavy atom. The summed E-state index contributed by atoms with van der Waals surface area (Å²) in [5, 5.41) is 19.1. The van der Waals surface area contributed by atoms with Crippen molar-refractivity contribution in [3.05, 3.63) is 105 Å². The van der Waals surface area contributed by atoms with Crippen LogP contribution in [0.2, 0.25) is 0 Å². The van der Waals surface area contributed by atoms with Crippen molar-refractivity contribution >= 4 is 41.1 Å². The molecule has 3 aromatic rings. The SMILES string of the molecule is CCOC(=O)/C(=C\c1cc(OC)c(N(Cc2ccccc2)C(C(=O)NC(C)(C)C)C(C)C)c([N+](=O)[O-])c1)CC(=O)N(Cc1ccccc1)C(C(=O)NC(C)(C)C)C(C)C. The number of methoxy groups -OCH3 is 1. The molecular weight excluding hydrogens is 751 g/mol. The monoisotopic (exact) mass is 813 g/mol. The van der Waals surface area contributed by atoms with Gasteiger partial charge in [-0.2, -0.15) is 0 Å². The van der Waals surface area contributed by atoms with Gasteiger partial charge in [-0.25, -0.2) is 4.79 Å². The average Bonchev–Trinajstić information content (AvgIpc) is 3.12. The van der Waals surface area contributed by atoms with Crippen LogP contribution in [0.25, 0.3) is 6.08 Å². The minimum absolute atomic E-state index is 0.00474. The van der Waals surface area contributed by atoms with Crippen LogP contribution in [0.15, 0.2) is 78.4 Å². The van der Waals surface area contributed by atoms with Gasteiger partial charge in [0.2, 0.25) is 17.7 Å². The molecule has 3 aromatic carbocycles. The van der Waals surface area contributed by atoms with E-state index in [1.165, 1.54) is 24.2 Å².